The van der Waals surface area contributed by atoms with Crippen molar-refractivity contribution in [3.05, 3.63) is 12.2 Å². The van der Waals surface area contributed by atoms with Crippen LogP contribution in [0.25, 0.3) is 0 Å². The van der Waals surface area contributed by atoms with E-state index in [1.807, 2.05) is 0 Å². The molecule has 0 saturated heterocycles. The van der Waals surface area contributed by atoms with Crippen LogP contribution in [0.4, 0.5) is 0 Å². The summed E-state index contributed by atoms with van der Waals surface area (Å²) in [5.74, 6) is -1.23. The summed E-state index contributed by atoms with van der Waals surface area (Å²) in [4.78, 5) is 33.7. The van der Waals surface area contributed by atoms with E-state index in [9.17, 15) is 14.4 Å². The lowest BCUT2D eigenvalue weighted by Gasteiger charge is -2.19. The summed E-state index contributed by atoms with van der Waals surface area (Å²) in [6.07, 6.45) is 8.57. The molecule has 0 unspecified atom stereocenters. The lowest BCUT2D eigenvalue weighted by atomic mass is 9.89. The molecule has 0 aromatic rings. The van der Waals surface area contributed by atoms with Gasteiger partial charge in [-0.15, -0.1) is 0 Å². The lowest BCUT2D eigenvalue weighted by molar-refractivity contribution is -0.150. The van der Waals surface area contributed by atoms with Crippen molar-refractivity contribution in [2.45, 2.75) is 44.9 Å². The molecule has 0 aromatic heterocycles. The van der Waals surface area contributed by atoms with Crippen LogP contribution in [0.2, 0.25) is 0 Å². The Bertz CT molecular complexity index is 395. The zero-order valence-corrected chi connectivity index (χ0v) is 13.0. The van der Waals surface area contributed by atoms with E-state index in [2.05, 4.69) is 4.74 Å². The molecule has 0 bridgehead atoms. The maximum atomic E-state index is 11.8. The van der Waals surface area contributed by atoms with Crippen molar-refractivity contribution in [1.29, 1.82) is 0 Å². The number of hydrogen-bond acceptors (Lipinski definition) is 6. The molecular formula is C16H24O6. The second kappa shape index (κ2) is 10.8. The molecule has 6 nitrogen and oxygen atoms in total. The standard InChI is InChI=1S/C16H24O6/c1-20-14(17)9-10-15(18)21-11-5-6-12-22-16(19)13-7-3-2-4-8-13/h9-10,13H,2-8,11-12H2,1H3/b10-9+. The van der Waals surface area contributed by atoms with Crippen molar-refractivity contribution in [2.75, 3.05) is 20.3 Å². The molecule has 0 spiro atoms. The van der Waals surface area contributed by atoms with Crippen LogP contribution in [0.5, 0.6) is 0 Å². The molecule has 0 radical (unpaired) electrons. The Morgan fingerprint density at radius 1 is 0.909 bits per heavy atom. The number of methoxy groups -OCH3 is 1. The van der Waals surface area contributed by atoms with Crippen molar-refractivity contribution < 1.29 is 28.6 Å². The highest BCUT2D eigenvalue weighted by Gasteiger charge is 2.21. The molecule has 0 aliphatic heterocycles. The molecule has 6 heteroatoms. The summed E-state index contributed by atoms with van der Waals surface area (Å²) in [6.45, 7) is 0.580. The quantitative estimate of drug-likeness (QED) is 0.296. The largest absolute Gasteiger partial charge is 0.466 e. The number of esters is 3. The minimum atomic E-state index is -0.605. The van der Waals surface area contributed by atoms with Crippen molar-refractivity contribution in [1.82, 2.24) is 0 Å². The molecule has 124 valence electrons. The Kier molecular flexibility index (Phi) is 8.95. The second-order valence-electron chi connectivity index (χ2n) is 5.23. The van der Waals surface area contributed by atoms with Crippen LogP contribution in [0.15, 0.2) is 12.2 Å². The maximum absolute atomic E-state index is 11.8. The van der Waals surface area contributed by atoms with E-state index in [1.165, 1.54) is 13.5 Å². The van der Waals surface area contributed by atoms with Gasteiger partial charge >= 0.3 is 17.9 Å². The van der Waals surface area contributed by atoms with Gasteiger partial charge in [0, 0.05) is 12.2 Å². The van der Waals surface area contributed by atoms with Gasteiger partial charge in [-0.3, -0.25) is 4.79 Å². The highest BCUT2D eigenvalue weighted by Crippen LogP contribution is 2.24. The Hall–Kier alpha value is -1.85. The summed E-state index contributed by atoms with van der Waals surface area (Å²) in [7, 11) is 1.23. The smallest absolute Gasteiger partial charge is 0.331 e. The minimum Gasteiger partial charge on any atom is -0.466 e. The van der Waals surface area contributed by atoms with Gasteiger partial charge in [-0.2, -0.15) is 0 Å². The lowest BCUT2D eigenvalue weighted by Crippen LogP contribution is -2.20. The number of hydrogen-bond donors (Lipinski definition) is 0. The third kappa shape index (κ3) is 7.81. The summed E-state index contributed by atoms with van der Waals surface area (Å²) in [6, 6.07) is 0. The number of rotatable bonds is 8. The summed E-state index contributed by atoms with van der Waals surface area (Å²) in [5.41, 5.74) is 0. The van der Waals surface area contributed by atoms with Crippen LogP contribution < -0.4 is 0 Å². The van der Waals surface area contributed by atoms with Gasteiger partial charge in [-0.25, -0.2) is 9.59 Å². The topological polar surface area (TPSA) is 78.9 Å². The van der Waals surface area contributed by atoms with Crippen LogP contribution in [-0.2, 0) is 28.6 Å². The van der Waals surface area contributed by atoms with Crippen molar-refractivity contribution in [3.63, 3.8) is 0 Å². The van der Waals surface area contributed by atoms with Gasteiger partial charge in [-0.1, -0.05) is 19.3 Å². The van der Waals surface area contributed by atoms with Crippen LogP contribution in [-0.4, -0.2) is 38.2 Å². The zero-order valence-electron chi connectivity index (χ0n) is 13.0. The van der Waals surface area contributed by atoms with Gasteiger partial charge in [-0.05, 0) is 25.7 Å². The van der Waals surface area contributed by atoms with E-state index in [1.54, 1.807) is 0 Å². The zero-order chi connectivity index (χ0) is 16.2. The van der Waals surface area contributed by atoms with Gasteiger partial charge in [0.05, 0.1) is 26.2 Å². The normalized spacial score (nSPS) is 15.5. The Morgan fingerprint density at radius 3 is 2.14 bits per heavy atom. The fourth-order valence-electron chi connectivity index (χ4n) is 2.26. The highest BCUT2D eigenvalue weighted by atomic mass is 16.5. The molecule has 1 aliphatic carbocycles. The molecule has 0 aromatic carbocycles. The average molecular weight is 312 g/mol. The first-order valence-electron chi connectivity index (χ1n) is 7.73. The number of carbonyl (C=O) groups is 3. The molecule has 0 heterocycles. The number of carbonyl (C=O) groups excluding carboxylic acids is 3. The third-order valence-electron chi connectivity index (χ3n) is 3.52. The molecule has 0 atom stereocenters. The van der Waals surface area contributed by atoms with Crippen LogP contribution >= 0.6 is 0 Å². The van der Waals surface area contributed by atoms with Crippen LogP contribution in [0, 0.1) is 5.92 Å². The van der Waals surface area contributed by atoms with E-state index in [4.69, 9.17) is 9.47 Å². The van der Waals surface area contributed by atoms with Gasteiger partial charge in [0.25, 0.3) is 0 Å². The molecule has 22 heavy (non-hydrogen) atoms. The van der Waals surface area contributed by atoms with Crippen molar-refractivity contribution in [2.24, 2.45) is 5.92 Å². The molecule has 1 saturated carbocycles. The van der Waals surface area contributed by atoms with Crippen LogP contribution in [0.3, 0.4) is 0 Å². The molecular weight excluding hydrogens is 288 g/mol. The molecule has 0 N–H and O–H groups in total. The van der Waals surface area contributed by atoms with Gasteiger partial charge in [0.2, 0.25) is 0 Å². The van der Waals surface area contributed by atoms with E-state index in [0.717, 1.165) is 37.8 Å². The first-order chi connectivity index (χ1) is 10.6. The fraction of sp³-hybridized carbons (Fsp3) is 0.688. The van der Waals surface area contributed by atoms with Gasteiger partial charge in [0.15, 0.2) is 0 Å². The number of unbranched alkanes of at least 4 members (excludes halogenated alkanes) is 1. The second-order valence-corrected chi connectivity index (χ2v) is 5.23. The fourth-order valence-corrected chi connectivity index (χ4v) is 2.26. The van der Waals surface area contributed by atoms with E-state index >= 15 is 0 Å². The predicted molar refractivity (Wildman–Crippen MR) is 78.9 cm³/mol. The third-order valence-corrected chi connectivity index (χ3v) is 3.52. The monoisotopic (exact) mass is 312 g/mol. The Balaban J connectivity index is 2.01. The first kappa shape index (κ1) is 18.2. The predicted octanol–water partition coefficient (Wildman–Crippen LogP) is 2.16. The Labute approximate surface area is 130 Å². The van der Waals surface area contributed by atoms with E-state index in [0.29, 0.717) is 19.4 Å². The SMILES string of the molecule is COC(=O)/C=C/C(=O)OCCCCOC(=O)C1CCCCC1. The summed E-state index contributed by atoms with van der Waals surface area (Å²) >= 11 is 0. The molecule has 1 fully saturated rings. The molecule has 1 aliphatic rings. The minimum absolute atomic E-state index is 0.0648. The van der Waals surface area contributed by atoms with Gasteiger partial charge < -0.3 is 14.2 Å². The summed E-state index contributed by atoms with van der Waals surface area (Å²) < 4.78 is 14.5. The average Bonchev–Trinajstić information content (AvgIpc) is 2.56. The van der Waals surface area contributed by atoms with E-state index < -0.39 is 11.9 Å². The first-order valence-corrected chi connectivity index (χ1v) is 7.73. The molecule has 1 rings (SSSR count). The summed E-state index contributed by atoms with van der Waals surface area (Å²) in [5, 5.41) is 0. The molecule has 0 amide bonds. The Morgan fingerprint density at radius 2 is 1.50 bits per heavy atom. The van der Waals surface area contributed by atoms with Gasteiger partial charge in [0.1, 0.15) is 0 Å². The number of ether oxygens (including phenoxy) is 3. The van der Waals surface area contributed by atoms with E-state index in [-0.39, 0.29) is 18.5 Å². The maximum Gasteiger partial charge on any atom is 0.331 e. The van der Waals surface area contributed by atoms with Crippen molar-refractivity contribution in [3.8, 4) is 0 Å². The highest BCUT2D eigenvalue weighted by molar-refractivity contribution is 5.91. The van der Waals surface area contributed by atoms with Crippen molar-refractivity contribution >= 4 is 17.9 Å². The van der Waals surface area contributed by atoms with Crippen LogP contribution in [0.1, 0.15) is 44.9 Å².